The summed E-state index contributed by atoms with van der Waals surface area (Å²) in [6, 6.07) is 6.66. The zero-order valence-electron chi connectivity index (χ0n) is 11.7. The fourth-order valence-electron chi connectivity index (χ4n) is 2.63. The van der Waals surface area contributed by atoms with Crippen LogP contribution in [0.3, 0.4) is 0 Å². The summed E-state index contributed by atoms with van der Waals surface area (Å²) in [6.07, 6.45) is 1.34. The van der Waals surface area contributed by atoms with Crippen molar-refractivity contribution in [2.45, 2.75) is 25.7 Å². The summed E-state index contributed by atoms with van der Waals surface area (Å²) in [5, 5.41) is 0. The number of carbonyl (C=O) groups excluding carboxylic acids is 1. The number of nitrogens with zero attached hydrogens (tertiary/aromatic N) is 1. The Morgan fingerprint density at radius 1 is 1.50 bits per heavy atom. The Bertz CT molecular complexity index is 455. The minimum atomic E-state index is -0.232. The molecular formula is C15H22ClFN2O. The first-order valence-corrected chi connectivity index (χ1v) is 6.84. The van der Waals surface area contributed by atoms with Crippen LogP contribution in [0, 0.1) is 11.7 Å². The van der Waals surface area contributed by atoms with Crippen LogP contribution in [0.2, 0.25) is 0 Å². The molecule has 3 nitrogen and oxygen atoms in total. The van der Waals surface area contributed by atoms with Crippen molar-refractivity contribution in [1.82, 2.24) is 4.90 Å². The van der Waals surface area contributed by atoms with E-state index >= 15 is 0 Å². The van der Waals surface area contributed by atoms with Gasteiger partial charge in [0.05, 0.1) is 0 Å². The number of amides is 1. The van der Waals surface area contributed by atoms with E-state index in [1.165, 1.54) is 6.07 Å². The number of carbonyl (C=O) groups is 1. The van der Waals surface area contributed by atoms with Gasteiger partial charge < -0.3 is 10.6 Å². The Hall–Kier alpha value is -1.13. The molecule has 2 unspecified atom stereocenters. The average molecular weight is 301 g/mol. The van der Waals surface area contributed by atoms with Gasteiger partial charge in [-0.1, -0.05) is 25.1 Å². The quantitative estimate of drug-likeness (QED) is 0.929. The molecule has 0 saturated carbocycles. The van der Waals surface area contributed by atoms with Crippen LogP contribution in [0.5, 0.6) is 0 Å². The highest BCUT2D eigenvalue weighted by molar-refractivity contribution is 5.85. The maximum Gasteiger partial charge on any atom is 0.223 e. The fraction of sp³-hybridized carbons (Fsp3) is 0.533. The molecule has 1 saturated heterocycles. The second kappa shape index (κ2) is 7.60. The summed E-state index contributed by atoms with van der Waals surface area (Å²) in [7, 11) is 0. The molecule has 1 aliphatic rings. The molecule has 1 fully saturated rings. The van der Waals surface area contributed by atoms with Crippen molar-refractivity contribution in [3.8, 4) is 0 Å². The molecule has 112 valence electrons. The van der Waals surface area contributed by atoms with Crippen LogP contribution in [0.4, 0.5) is 4.39 Å². The fourth-order valence-corrected chi connectivity index (χ4v) is 2.63. The molecule has 5 heteroatoms. The molecule has 1 aliphatic heterocycles. The van der Waals surface area contributed by atoms with Gasteiger partial charge in [0.1, 0.15) is 5.82 Å². The third-order valence-electron chi connectivity index (χ3n) is 3.89. The van der Waals surface area contributed by atoms with Crippen molar-refractivity contribution >= 4 is 18.3 Å². The van der Waals surface area contributed by atoms with E-state index in [0.717, 1.165) is 19.5 Å². The largest absolute Gasteiger partial charge is 0.342 e. The lowest BCUT2D eigenvalue weighted by Gasteiger charge is -2.19. The number of likely N-dealkylation sites (tertiary alicyclic amines) is 1. The number of nitrogens with two attached hydrogens (primary N) is 1. The van der Waals surface area contributed by atoms with Crippen molar-refractivity contribution in [2.75, 3.05) is 19.6 Å². The first-order chi connectivity index (χ1) is 9.11. The number of hydrogen-bond donors (Lipinski definition) is 1. The molecule has 2 atom stereocenters. The highest BCUT2D eigenvalue weighted by atomic mass is 35.5. The van der Waals surface area contributed by atoms with Gasteiger partial charge in [-0.25, -0.2) is 4.39 Å². The molecule has 20 heavy (non-hydrogen) atoms. The lowest BCUT2D eigenvalue weighted by Crippen LogP contribution is -2.30. The second-order valence-electron chi connectivity index (χ2n) is 5.36. The van der Waals surface area contributed by atoms with Crippen LogP contribution in [0.1, 0.15) is 31.2 Å². The maximum absolute atomic E-state index is 13.6. The monoisotopic (exact) mass is 300 g/mol. The molecular weight excluding hydrogens is 279 g/mol. The molecule has 2 N–H and O–H groups in total. The number of halogens is 2. The molecule has 1 heterocycles. The van der Waals surface area contributed by atoms with Crippen molar-refractivity contribution < 1.29 is 9.18 Å². The molecule has 1 aromatic carbocycles. The number of hydrogen-bond acceptors (Lipinski definition) is 2. The summed E-state index contributed by atoms with van der Waals surface area (Å²) in [5.74, 6) is 0.203. The van der Waals surface area contributed by atoms with Gasteiger partial charge in [0.15, 0.2) is 0 Å². The Balaban J connectivity index is 0.00000200. The average Bonchev–Trinajstić information content (AvgIpc) is 2.88. The Labute approximate surface area is 125 Å². The summed E-state index contributed by atoms with van der Waals surface area (Å²) in [5.41, 5.74) is 6.24. The van der Waals surface area contributed by atoms with Gasteiger partial charge in [-0.2, -0.15) is 0 Å². The van der Waals surface area contributed by atoms with E-state index in [1.807, 2.05) is 11.8 Å². The molecule has 1 amide bonds. The van der Waals surface area contributed by atoms with Gasteiger partial charge in [-0.15, -0.1) is 12.4 Å². The summed E-state index contributed by atoms with van der Waals surface area (Å²) in [4.78, 5) is 14.0. The van der Waals surface area contributed by atoms with Crippen LogP contribution in [0.15, 0.2) is 24.3 Å². The van der Waals surface area contributed by atoms with E-state index in [-0.39, 0.29) is 30.0 Å². The Kier molecular flexibility index (Phi) is 6.43. The predicted octanol–water partition coefficient (Wildman–Crippen LogP) is 2.55. The lowest BCUT2D eigenvalue weighted by molar-refractivity contribution is -0.130. The Morgan fingerprint density at radius 2 is 2.20 bits per heavy atom. The molecule has 0 aromatic heterocycles. The highest BCUT2D eigenvalue weighted by Gasteiger charge is 2.26. The van der Waals surface area contributed by atoms with E-state index < -0.39 is 0 Å². The number of rotatable bonds is 4. The first kappa shape index (κ1) is 16.9. The SMILES string of the molecule is CC(CC(=O)N1CCC(CN)C1)c1ccccc1F.Cl. The van der Waals surface area contributed by atoms with Gasteiger partial charge in [0, 0.05) is 19.5 Å². The summed E-state index contributed by atoms with van der Waals surface area (Å²) >= 11 is 0. The molecule has 0 radical (unpaired) electrons. The van der Waals surface area contributed by atoms with Crippen LogP contribution >= 0.6 is 12.4 Å². The normalized spacial score (nSPS) is 19.6. The second-order valence-corrected chi connectivity index (χ2v) is 5.36. The van der Waals surface area contributed by atoms with E-state index in [4.69, 9.17) is 5.73 Å². The standard InChI is InChI=1S/C15H21FN2O.ClH/c1-11(13-4-2-3-5-14(13)16)8-15(19)18-7-6-12(9-17)10-18;/h2-5,11-12H,6-10,17H2,1H3;1H. The molecule has 2 rings (SSSR count). The van der Waals surface area contributed by atoms with Crippen molar-refractivity contribution in [2.24, 2.45) is 11.7 Å². The molecule has 1 aromatic rings. The highest BCUT2D eigenvalue weighted by Crippen LogP contribution is 2.24. The van der Waals surface area contributed by atoms with Crippen LogP contribution in [0.25, 0.3) is 0 Å². The summed E-state index contributed by atoms with van der Waals surface area (Å²) in [6.45, 7) is 4.06. The predicted molar refractivity (Wildman–Crippen MR) is 80.4 cm³/mol. The first-order valence-electron chi connectivity index (χ1n) is 6.84. The lowest BCUT2D eigenvalue weighted by atomic mass is 9.96. The van der Waals surface area contributed by atoms with Gasteiger partial charge in [-0.3, -0.25) is 4.79 Å². The minimum Gasteiger partial charge on any atom is -0.342 e. The molecule has 0 aliphatic carbocycles. The van der Waals surface area contributed by atoms with Gasteiger partial charge in [-0.05, 0) is 36.4 Å². The van der Waals surface area contributed by atoms with E-state index in [1.54, 1.807) is 18.2 Å². The topological polar surface area (TPSA) is 46.3 Å². The van der Waals surface area contributed by atoms with Gasteiger partial charge >= 0.3 is 0 Å². The smallest absolute Gasteiger partial charge is 0.223 e. The van der Waals surface area contributed by atoms with Crippen molar-refractivity contribution in [3.05, 3.63) is 35.6 Å². The van der Waals surface area contributed by atoms with Crippen LogP contribution in [-0.4, -0.2) is 30.4 Å². The zero-order valence-corrected chi connectivity index (χ0v) is 12.5. The van der Waals surface area contributed by atoms with Crippen LogP contribution in [-0.2, 0) is 4.79 Å². The number of benzene rings is 1. The van der Waals surface area contributed by atoms with Crippen molar-refractivity contribution in [3.63, 3.8) is 0 Å². The van der Waals surface area contributed by atoms with E-state index in [0.29, 0.717) is 24.4 Å². The van der Waals surface area contributed by atoms with Crippen molar-refractivity contribution in [1.29, 1.82) is 0 Å². The van der Waals surface area contributed by atoms with Gasteiger partial charge in [0.25, 0.3) is 0 Å². The van der Waals surface area contributed by atoms with Crippen LogP contribution < -0.4 is 5.73 Å². The molecule has 0 spiro atoms. The Morgan fingerprint density at radius 3 is 2.80 bits per heavy atom. The minimum absolute atomic E-state index is 0. The zero-order chi connectivity index (χ0) is 13.8. The van der Waals surface area contributed by atoms with E-state index in [9.17, 15) is 9.18 Å². The third kappa shape index (κ3) is 3.93. The molecule has 0 bridgehead atoms. The maximum atomic E-state index is 13.6. The van der Waals surface area contributed by atoms with Gasteiger partial charge in [0.2, 0.25) is 5.91 Å². The third-order valence-corrected chi connectivity index (χ3v) is 3.89. The summed E-state index contributed by atoms with van der Waals surface area (Å²) < 4.78 is 13.6. The van der Waals surface area contributed by atoms with E-state index in [2.05, 4.69) is 0 Å².